The fraction of sp³-hybridized carbons (Fsp3) is 0.357. The van der Waals surface area contributed by atoms with Crippen LogP contribution in [0.25, 0.3) is 0 Å². The molecule has 0 saturated carbocycles. The van der Waals surface area contributed by atoms with Crippen LogP contribution in [0.2, 0.25) is 0 Å². The first-order valence-electron chi connectivity index (χ1n) is 6.06. The van der Waals surface area contributed by atoms with Crippen LogP contribution in [0, 0.1) is 0 Å². The zero-order valence-corrected chi connectivity index (χ0v) is 13.0. The van der Waals surface area contributed by atoms with Crippen molar-refractivity contribution in [2.75, 3.05) is 0 Å². The van der Waals surface area contributed by atoms with E-state index in [0.717, 1.165) is 28.6 Å². The van der Waals surface area contributed by atoms with Gasteiger partial charge in [-0.05, 0) is 58.3 Å². The molecule has 0 aliphatic heterocycles. The van der Waals surface area contributed by atoms with Gasteiger partial charge in [-0.25, -0.2) is 0 Å². The predicted octanol–water partition coefficient (Wildman–Crippen LogP) is 4.80. The molecule has 3 rings (SSSR count). The van der Waals surface area contributed by atoms with E-state index in [4.69, 9.17) is 0 Å². The number of rotatable bonds is 3. The Kier molecular flexibility index (Phi) is 3.68. The van der Waals surface area contributed by atoms with Crippen LogP contribution in [0.4, 0.5) is 0 Å². The van der Waals surface area contributed by atoms with Crippen molar-refractivity contribution in [3.8, 4) is 0 Å². The van der Waals surface area contributed by atoms with Gasteiger partial charge in [0, 0.05) is 31.9 Å². The molecule has 0 radical (unpaired) electrons. The summed E-state index contributed by atoms with van der Waals surface area (Å²) in [7, 11) is 0. The zero-order chi connectivity index (χ0) is 12.5. The van der Waals surface area contributed by atoms with Crippen molar-refractivity contribution < 1.29 is 4.79 Å². The summed E-state index contributed by atoms with van der Waals surface area (Å²) in [5, 5.41) is 4.16. The first-order chi connectivity index (χ1) is 8.74. The molecule has 2 aromatic heterocycles. The lowest BCUT2D eigenvalue weighted by molar-refractivity contribution is -0.120. The molecule has 2 aromatic rings. The number of hydrogen-bond donors (Lipinski definition) is 0. The Labute approximate surface area is 123 Å². The molecule has 1 nitrogen and oxygen atoms in total. The number of Topliss-reactive ketones (excluding diaryl/α,β-unsaturated/α-hetero) is 1. The van der Waals surface area contributed by atoms with E-state index in [9.17, 15) is 4.79 Å². The fourth-order valence-electron chi connectivity index (χ4n) is 2.56. The number of ketones is 1. The van der Waals surface area contributed by atoms with Crippen LogP contribution in [-0.4, -0.2) is 5.78 Å². The van der Waals surface area contributed by atoms with Gasteiger partial charge < -0.3 is 0 Å². The third-order valence-corrected chi connectivity index (χ3v) is 6.10. The van der Waals surface area contributed by atoms with Gasteiger partial charge in [-0.3, -0.25) is 4.79 Å². The fourth-order valence-corrected chi connectivity index (χ4v) is 5.01. The Balaban J connectivity index is 1.78. The van der Waals surface area contributed by atoms with Crippen LogP contribution in [0.3, 0.4) is 0 Å². The maximum atomic E-state index is 12.4. The molecule has 0 spiro atoms. The Morgan fingerprint density at radius 2 is 2.33 bits per heavy atom. The summed E-state index contributed by atoms with van der Waals surface area (Å²) in [5.74, 6) is 0.518. The van der Waals surface area contributed by atoms with Crippen molar-refractivity contribution in [2.24, 2.45) is 0 Å². The van der Waals surface area contributed by atoms with Gasteiger partial charge in [0.25, 0.3) is 0 Å². The highest BCUT2D eigenvalue weighted by Crippen LogP contribution is 2.36. The monoisotopic (exact) mass is 340 g/mol. The molecule has 0 amide bonds. The van der Waals surface area contributed by atoms with Gasteiger partial charge in [0.2, 0.25) is 0 Å². The van der Waals surface area contributed by atoms with Crippen molar-refractivity contribution in [3.05, 3.63) is 42.7 Å². The van der Waals surface area contributed by atoms with E-state index >= 15 is 0 Å². The molecule has 0 aromatic carbocycles. The van der Waals surface area contributed by atoms with Crippen molar-refractivity contribution in [2.45, 2.75) is 31.6 Å². The lowest BCUT2D eigenvalue weighted by atomic mass is 9.83. The first-order valence-corrected chi connectivity index (χ1v) is 8.61. The summed E-state index contributed by atoms with van der Waals surface area (Å²) in [5.41, 5.74) is 1.30. The lowest BCUT2D eigenvalue weighted by Gasteiger charge is -2.21. The van der Waals surface area contributed by atoms with E-state index in [1.165, 1.54) is 10.4 Å². The Morgan fingerprint density at radius 3 is 3.11 bits per heavy atom. The van der Waals surface area contributed by atoms with Gasteiger partial charge in [0.15, 0.2) is 0 Å². The van der Waals surface area contributed by atoms with Crippen molar-refractivity contribution >= 4 is 44.4 Å². The molecule has 0 N–H and O–H groups in total. The highest BCUT2D eigenvalue weighted by Gasteiger charge is 2.27. The van der Waals surface area contributed by atoms with Crippen LogP contribution in [-0.2, 0) is 17.6 Å². The van der Waals surface area contributed by atoms with Crippen LogP contribution in [0.1, 0.15) is 34.1 Å². The number of halogens is 1. The molecule has 0 saturated heterocycles. The summed E-state index contributed by atoms with van der Waals surface area (Å²) in [6.07, 6.45) is 3.91. The molecule has 0 bridgehead atoms. The first kappa shape index (κ1) is 12.6. The minimum atomic E-state index is 0.140. The molecular formula is C14H13BrOS2. The van der Waals surface area contributed by atoms with Gasteiger partial charge in [-0.1, -0.05) is 0 Å². The molecule has 94 valence electrons. The van der Waals surface area contributed by atoms with Gasteiger partial charge in [-0.15, -0.1) is 22.7 Å². The summed E-state index contributed by atoms with van der Waals surface area (Å²) in [6.45, 7) is 0. The summed E-state index contributed by atoms with van der Waals surface area (Å²) >= 11 is 6.90. The second kappa shape index (κ2) is 5.27. The number of aryl methyl sites for hydroxylation is 1. The SMILES string of the molecule is O=C(Cc1cc(Br)cs1)C1CCCc2sccc21. The van der Waals surface area contributed by atoms with E-state index in [1.807, 2.05) is 5.38 Å². The number of carbonyl (C=O) groups is 1. The molecule has 18 heavy (non-hydrogen) atoms. The third kappa shape index (κ3) is 2.46. The molecule has 1 aliphatic rings. The van der Waals surface area contributed by atoms with E-state index < -0.39 is 0 Å². The molecule has 1 unspecified atom stereocenters. The average Bonchev–Trinajstić information content (AvgIpc) is 2.97. The van der Waals surface area contributed by atoms with Gasteiger partial charge in [0.05, 0.1) is 0 Å². The second-order valence-corrected chi connectivity index (χ2v) is 7.53. The highest BCUT2D eigenvalue weighted by atomic mass is 79.9. The average molecular weight is 341 g/mol. The number of fused-ring (bicyclic) bond motifs is 1. The number of hydrogen-bond acceptors (Lipinski definition) is 3. The van der Waals surface area contributed by atoms with Gasteiger partial charge >= 0.3 is 0 Å². The summed E-state index contributed by atoms with van der Waals surface area (Å²) < 4.78 is 1.08. The molecule has 4 heteroatoms. The van der Waals surface area contributed by atoms with E-state index in [-0.39, 0.29) is 5.92 Å². The summed E-state index contributed by atoms with van der Waals surface area (Å²) in [6, 6.07) is 4.20. The minimum absolute atomic E-state index is 0.140. The molecule has 2 heterocycles. The molecular weight excluding hydrogens is 328 g/mol. The maximum absolute atomic E-state index is 12.4. The summed E-state index contributed by atoms with van der Waals surface area (Å²) in [4.78, 5) is 15.0. The van der Waals surface area contributed by atoms with Crippen LogP contribution in [0.15, 0.2) is 27.4 Å². The molecule has 0 fully saturated rings. The number of thiophene rings is 2. The molecule has 1 aliphatic carbocycles. The largest absolute Gasteiger partial charge is 0.299 e. The predicted molar refractivity (Wildman–Crippen MR) is 80.7 cm³/mol. The van der Waals surface area contributed by atoms with E-state index in [1.54, 1.807) is 22.7 Å². The van der Waals surface area contributed by atoms with Crippen molar-refractivity contribution in [1.82, 2.24) is 0 Å². The van der Waals surface area contributed by atoms with E-state index in [0.29, 0.717) is 12.2 Å². The minimum Gasteiger partial charge on any atom is -0.299 e. The van der Waals surface area contributed by atoms with Gasteiger partial charge in [-0.2, -0.15) is 0 Å². The molecule has 1 atom stereocenters. The topological polar surface area (TPSA) is 17.1 Å². The standard InChI is InChI=1S/C14H13BrOS2/c15-9-6-10(18-8-9)7-13(16)11-2-1-3-14-12(11)4-5-17-14/h4-6,8,11H,1-3,7H2. The highest BCUT2D eigenvalue weighted by molar-refractivity contribution is 9.10. The smallest absolute Gasteiger partial charge is 0.145 e. The Morgan fingerprint density at radius 1 is 1.44 bits per heavy atom. The van der Waals surface area contributed by atoms with E-state index in [2.05, 4.69) is 33.4 Å². The van der Waals surface area contributed by atoms with Crippen molar-refractivity contribution in [3.63, 3.8) is 0 Å². The zero-order valence-electron chi connectivity index (χ0n) is 9.82. The van der Waals surface area contributed by atoms with Crippen molar-refractivity contribution in [1.29, 1.82) is 0 Å². The quantitative estimate of drug-likeness (QED) is 0.783. The lowest BCUT2D eigenvalue weighted by Crippen LogP contribution is -2.18. The Hall–Kier alpha value is -0.450. The van der Waals surface area contributed by atoms with Crippen LogP contribution in [0.5, 0.6) is 0 Å². The Bertz CT molecular complexity index is 570. The third-order valence-electron chi connectivity index (χ3n) is 3.41. The maximum Gasteiger partial charge on any atom is 0.145 e. The second-order valence-electron chi connectivity index (χ2n) is 4.62. The number of carbonyl (C=O) groups excluding carboxylic acids is 1. The van der Waals surface area contributed by atoms with Crippen LogP contribution < -0.4 is 0 Å². The van der Waals surface area contributed by atoms with Crippen LogP contribution >= 0.6 is 38.6 Å². The van der Waals surface area contributed by atoms with Gasteiger partial charge in [0.1, 0.15) is 5.78 Å². The normalized spacial score (nSPS) is 18.6.